The second-order valence-electron chi connectivity index (χ2n) is 11.0. The van der Waals surface area contributed by atoms with Crippen LogP contribution >= 0.6 is 0 Å². The molecule has 1 saturated heterocycles. The highest BCUT2D eigenvalue weighted by molar-refractivity contribution is 5.92. The Morgan fingerprint density at radius 1 is 1.10 bits per heavy atom. The second kappa shape index (κ2) is 10.2. The van der Waals surface area contributed by atoms with Crippen LogP contribution in [-0.2, 0) is 6.54 Å². The van der Waals surface area contributed by atoms with Crippen molar-refractivity contribution in [3.05, 3.63) is 81.5 Å². The molecule has 39 heavy (non-hydrogen) atoms. The number of benzene rings is 2. The smallest absolute Gasteiger partial charge is 0.331 e. The molecule has 9 heteroatoms. The lowest BCUT2D eigenvalue weighted by molar-refractivity contribution is 0.187. The van der Waals surface area contributed by atoms with Gasteiger partial charge in [0.05, 0.1) is 23.0 Å². The van der Waals surface area contributed by atoms with E-state index in [9.17, 15) is 14.4 Å². The number of piperidine rings is 1. The number of anilines is 1. The fourth-order valence-electron chi connectivity index (χ4n) is 5.46. The summed E-state index contributed by atoms with van der Waals surface area (Å²) >= 11 is 0. The Balaban J connectivity index is 1.22. The first kappa shape index (κ1) is 25.2. The SMILES string of the molecule is CC(C)n1c(=O)n(CC2CC2)c(=O)c2cc(NC(=O)N3CCCC(c4ncc(-c5ccccc5)o4)C3)ccc21. The summed E-state index contributed by atoms with van der Waals surface area (Å²) in [5.41, 5.74) is 1.51. The van der Waals surface area contributed by atoms with Crippen molar-refractivity contribution >= 4 is 22.6 Å². The summed E-state index contributed by atoms with van der Waals surface area (Å²) in [6.07, 6.45) is 5.55. The molecule has 1 aliphatic heterocycles. The van der Waals surface area contributed by atoms with Gasteiger partial charge in [-0.05, 0) is 63.6 Å². The molecule has 4 aromatic rings. The fourth-order valence-corrected chi connectivity index (χ4v) is 5.46. The van der Waals surface area contributed by atoms with E-state index in [0.717, 1.165) is 37.0 Å². The minimum absolute atomic E-state index is 0.00803. The Morgan fingerprint density at radius 2 is 1.90 bits per heavy atom. The zero-order valence-electron chi connectivity index (χ0n) is 22.3. The third-order valence-electron chi connectivity index (χ3n) is 7.71. The van der Waals surface area contributed by atoms with Crippen LogP contribution in [0.5, 0.6) is 0 Å². The monoisotopic (exact) mass is 527 g/mol. The molecule has 2 aliphatic rings. The summed E-state index contributed by atoms with van der Waals surface area (Å²) in [5, 5.41) is 3.41. The molecule has 202 valence electrons. The maximum atomic E-state index is 13.3. The van der Waals surface area contributed by atoms with Gasteiger partial charge < -0.3 is 14.6 Å². The van der Waals surface area contributed by atoms with E-state index in [1.807, 2.05) is 44.2 Å². The van der Waals surface area contributed by atoms with Crippen LogP contribution in [0.4, 0.5) is 10.5 Å². The van der Waals surface area contributed by atoms with Gasteiger partial charge in [-0.2, -0.15) is 0 Å². The molecule has 6 rings (SSSR count). The van der Waals surface area contributed by atoms with Crippen LogP contribution in [0.25, 0.3) is 22.2 Å². The van der Waals surface area contributed by atoms with Gasteiger partial charge in [0.25, 0.3) is 5.56 Å². The predicted molar refractivity (Wildman–Crippen MR) is 150 cm³/mol. The average molecular weight is 528 g/mol. The van der Waals surface area contributed by atoms with Gasteiger partial charge >= 0.3 is 11.7 Å². The van der Waals surface area contributed by atoms with Gasteiger partial charge in [-0.15, -0.1) is 0 Å². The molecular weight excluding hydrogens is 494 g/mol. The summed E-state index contributed by atoms with van der Waals surface area (Å²) in [6.45, 7) is 5.44. The molecule has 0 spiro atoms. The molecule has 3 heterocycles. The van der Waals surface area contributed by atoms with Crippen molar-refractivity contribution in [1.82, 2.24) is 19.0 Å². The number of likely N-dealkylation sites (tertiary alicyclic amines) is 1. The number of aromatic nitrogens is 3. The predicted octanol–water partition coefficient (Wildman–Crippen LogP) is 5.22. The lowest BCUT2D eigenvalue weighted by Crippen LogP contribution is -2.42. The van der Waals surface area contributed by atoms with E-state index in [0.29, 0.717) is 48.0 Å². The van der Waals surface area contributed by atoms with E-state index >= 15 is 0 Å². The number of hydrogen-bond donors (Lipinski definition) is 1. The van der Waals surface area contributed by atoms with Crippen LogP contribution in [0.2, 0.25) is 0 Å². The molecule has 2 aromatic carbocycles. The summed E-state index contributed by atoms with van der Waals surface area (Å²) in [6, 6.07) is 14.7. The van der Waals surface area contributed by atoms with Crippen molar-refractivity contribution in [3.63, 3.8) is 0 Å². The van der Waals surface area contributed by atoms with Crippen LogP contribution < -0.4 is 16.6 Å². The minimum atomic E-state index is -0.300. The number of nitrogens with zero attached hydrogens (tertiary/aromatic N) is 4. The van der Waals surface area contributed by atoms with Gasteiger partial charge in [-0.3, -0.25) is 13.9 Å². The van der Waals surface area contributed by atoms with Gasteiger partial charge in [-0.25, -0.2) is 14.6 Å². The lowest BCUT2D eigenvalue weighted by atomic mass is 9.98. The summed E-state index contributed by atoms with van der Waals surface area (Å²) < 4.78 is 9.09. The third-order valence-corrected chi connectivity index (χ3v) is 7.71. The second-order valence-corrected chi connectivity index (χ2v) is 11.0. The highest BCUT2D eigenvalue weighted by Crippen LogP contribution is 2.31. The first-order valence-electron chi connectivity index (χ1n) is 13.7. The first-order chi connectivity index (χ1) is 18.9. The molecule has 1 saturated carbocycles. The third kappa shape index (κ3) is 5.01. The first-order valence-corrected chi connectivity index (χ1v) is 13.7. The topological polar surface area (TPSA) is 102 Å². The zero-order chi connectivity index (χ0) is 27.1. The molecule has 1 aliphatic carbocycles. The van der Waals surface area contributed by atoms with Crippen molar-refractivity contribution in [1.29, 1.82) is 0 Å². The Labute approximate surface area is 226 Å². The summed E-state index contributed by atoms with van der Waals surface area (Å²) in [7, 11) is 0. The largest absolute Gasteiger partial charge is 0.440 e. The number of fused-ring (bicyclic) bond motifs is 1. The van der Waals surface area contributed by atoms with Gasteiger partial charge in [0.1, 0.15) is 0 Å². The van der Waals surface area contributed by atoms with Crippen LogP contribution in [0.15, 0.2) is 68.7 Å². The lowest BCUT2D eigenvalue weighted by Gasteiger charge is -2.31. The van der Waals surface area contributed by atoms with E-state index in [4.69, 9.17) is 4.42 Å². The van der Waals surface area contributed by atoms with E-state index in [1.165, 1.54) is 4.57 Å². The number of oxazole rings is 1. The number of hydrogen-bond acceptors (Lipinski definition) is 5. The van der Waals surface area contributed by atoms with E-state index < -0.39 is 0 Å². The number of urea groups is 1. The van der Waals surface area contributed by atoms with Gasteiger partial charge in [0.15, 0.2) is 11.7 Å². The fraction of sp³-hybridized carbons (Fsp3) is 0.400. The molecule has 0 bridgehead atoms. The van der Waals surface area contributed by atoms with E-state index in [1.54, 1.807) is 33.9 Å². The van der Waals surface area contributed by atoms with Crippen molar-refractivity contribution in [2.24, 2.45) is 5.92 Å². The average Bonchev–Trinajstić information content (AvgIpc) is 3.63. The van der Waals surface area contributed by atoms with Gasteiger partial charge in [-0.1, -0.05) is 30.3 Å². The molecule has 1 atom stereocenters. The number of amides is 2. The number of rotatable bonds is 6. The normalized spacial score (nSPS) is 17.6. The van der Waals surface area contributed by atoms with Crippen LogP contribution in [0.1, 0.15) is 57.4 Å². The molecular formula is C30H33N5O4. The Kier molecular flexibility index (Phi) is 6.58. The highest BCUT2D eigenvalue weighted by Gasteiger charge is 2.29. The number of carbonyl (C=O) groups is 1. The summed E-state index contributed by atoms with van der Waals surface area (Å²) in [5.74, 6) is 1.75. The molecule has 9 nitrogen and oxygen atoms in total. The van der Waals surface area contributed by atoms with Crippen LogP contribution in [-0.4, -0.2) is 38.1 Å². The number of nitrogens with one attached hydrogen (secondary N) is 1. The molecule has 2 fully saturated rings. The molecule has 1 unspecified atom stereocenters. The van der Waals surface area contributed by atoms with Crippen LogP contribution in [0.3, 0.4) is 0 Å². The Morgan fingerprint density at radius 3 is 2.64 bits per heavy atom. The standard InChI is InChI=1S/C30H33N5O4/c1-19(2)35-25-13-12-23(15-24(25)28(36)34(30(35)38)17-20-10-11-20)32-29(37)33-14-6-9-22(18-33)27-31-16-26(39-27)21-7-4-3-5-8-21/h3-5,7-8,12-13,15-16,19-20,22H,6,9-11,14,17-18H2,1-2H3,(H,32,37). The van der Waals surface area contributed by atoms with Gasteiger partial charge in [0, 0.05) is 36.9 Å². The molecule has 2 aromatic heterocycles. The Hall–Kier alpha value is -4.14. The maximum absolute atomic E-state index is 13.3. The maximum Gasteiger partial charge on any atom is 0.331 e. The Bertz CT molecular complexity index is 1630. The van der Waals surface area contributed by atoms with Crippen molar-refractivity contribution in [2.45, 2.75) is 58.0 Å². The highest BCUT2D eigenvalue weighted by atomic mass is 16.4. The van der Waals surface area contributed by atoms with E-state index in [-0.39, 0.29) is 29.2 Å². The van der Waals surface area contributed by atoms with Crippen molar-refractivity contribution < 1.29 is 9.21 Å². The van der Waals surface area contributed by atoms with Gasteiger partial charge in [0.2, 0.25) is 0 Å². The number of carbonyl (C=O) groups excluding carboxylic acids is 1. The zero-order valence-corrected chi connectivity index (χ0v) is 22.3. The molecule has 2 amide bonds. The molecule has 0 radical (unpaired) electrons. The van der Waals surface area contributed by atoms with Crippen LogP contribution in [0, 0.1) is 5.92 Å². The molecule has 1 N–H and O–H groups in total. The minimum Gasteiger partial charge on any atom is -0.440 e. The van der Waals surface area contributed by atoms with Crippen molar-refractivity contribution in [2.75, 3.05) is 18.4 Å². The summed E-state index contributed by atoms with van der Waals surface area (Å²) in [4.78, 5) is 46.0. The van der Waals surface area contributed by atoms with Crippen molar-refractivity contribution in [3.8, 4) is 11.3 Å². The van der Waals surface area contributed by atoms with E-state index in [2.05, 4.69) is 10.3 Å². The quantitative estimate of drug-likeness (QED) is 0.370.